The van der Waals surface area contributed by atoms with Crippen LogP contribution in [0, 0.1) is 6.92 Å². The van der Waals surface area contributed by atoms with E-state index in [1.165, 1.54) is 0 Å². The zero-order chi connectivity index (χ0) is 19.5. The Kier molecular flexibility index (Phi) is 5.06. The van der Waals surface area contributed by atoms with E-state index in [0.717, 1.165) is 36.4 Å². The van der Waals surface area contributed by atoms with Crippen molar-refractivity contribution in [2.75, 3.05) is 13.1 Å². The maximum Gasteiger partial charge on any atom is 0.257 e. The van der Waals surface area contributed by atoms with Crippen LogP contribution >= 0.6 is 0 Å². The van der Waals surface area contributed by atoms with Gasteiger partial charge in [-0.2, -0.15) is 5.10 Å². The van der Waals surface area contributed by atoms with Crippen LogP contribution in [0.1, 0.15) is 40.4 Å². The summed E-state index contributed by atoms with van der Waals surface area (Å²) in [6.07, 6.45) is 8.54. The summed E-state index contributed by atoms with van der Waals surface area (Å²) >= 11 is 0. The molecule has 3 heterocycles. The Morgan fingerprint density at radius 3 is 2.82 bits per heavy atom. The first-order valence-electron chi connectivity index (χ1n) is 9.44. The molecule has 1 amide bonds. The highest BCUT2D eigenvalue weighted by Gasteiger charge is 2.29. The van der Waals surface area contributed by atoms with Gasteiger partial charge < -0.3 is 9.64 Å². The number of hydrogen-bond donors (Lipinski definition) is 0. The minimum atomic E-state index is 0.00284. The van der Waals surface area contributed by atoms with Crippen LogP contribution in [0.2, 0.25) is 0 Å². The standard InChI is InChI=1S/C21H23N5O2/c1-15-6-3-4-8-18(15)28-20-19(22-9-10-23-20)16-7-5-11-26(14-16)21(27)17-12-24-25(2)13-17/h3-4,6,8-10,12-13,16H,5,7,11,14H2,1-2H3. The quantitative estimate of drug-likeness (QED) is 0.697. The molecule has 1 aliphatic rings. The van der Waals surface area contributed by atoms with E-state index < -0.39 is 0 Å². The maximum absolute atomic E-state index is 12.8. The molecule has 3 aromatic rings. The van der Waals surface area contributed by atoms with Gasteiger partial charge in [-0.25, -0.2) is 4.98 Å². The highest BCUT2D eigenvalue weighted by molar-refractivity contribution is 5.93. The average Bonchev–Trinajstić information content (AvgIpc) is 3.16. The number of para-hydroxylation sites is 1. The Hall–Kier alpha value is -3.22. The van der Waals surface area contributed by atoms with Crippen LogP contribution in [0.3, 0.4) is 0 Å². The zero-order valence-corrected chi connectivity index (χ0v) is 16.1. The van der Waals surface area contributed by atoms with Crippen molar-refractivity contribution in [3.8, 4) is 11.6 Å². The summed E-state index contributed by atoms with van der Waals surface area (Å²) in [5.74, 6) is 1.37. The molecule has 1 fully saturated rings. The zero-order valence-electron chi connectivity index (χ0n) is 16.1. The number of likely N-dealkylation sites (tertiary alicyclic amines) is 1. The van der Waals surface area contributed by atoms with Gasteiger partial charge >= 0.3 is 0 Å². The normalized spacial score (nSPS) is 16.8. The summed E-state index contributed by atoms with van der Waals surface area (Å²) in [4.78, 5) is 23.7. The molecule has 0 spiro atoms. The molecule has 1 saturated heterocycles. The molecule has 0 N–H and O–H groups in total. The van der Waals surface area contributed by atoms with Gasteiger partial charge in [-0.1, -0.05) is 18.2 Å². The third-order valence-corrected chi connectivity index (χ3v) is 5.04. The summed E-state index contributed by atoms with van der Waals surface area (Å²) < 4.78 is 7.73. The maximum atomic E-state index is 12.8. The average molecular weight is 377 g/mol. The van der Waals surface area contributed by atoms with Crippen molar-refractivity contribution < 1.29 is 9.53 Å². The van der Waals surface area contributed by atoms with Crippen molar-refractivity contribution in [1.29, 1.82) is 0 Å². The van der Waals surface area contributed by atoms with Crippen molar-refractivity contribution in [1.82, 2.24) is 24.6 Å². The van der Waals surface area contributed by atoms with E-state index in [9.17, 15) is 4.79 Å². The van der Waals surface area contributed by atoms with E-state index >= 15 is 0 Å². The topological polar surface area (TPSA) is 73.1 Å². The molecule has 0 radical (unpaired) electrons. The van der Waals surface area contributed by atoms with E-state index in [2.05, 4.69) is 15.1 Å². The van der Waals surface area contributed by atoms with Gasteiger partial charge in [0.15, 0.2) is 0 Å². The highest BCUT2D eigenvalue weighted by Crippen LogP contribution is 2.33. The number of rotatable bonds is 4. The van der Waals surface area contributed by atoms with Crippen LogP contribution in [0.5, 0.6) is 11.6 Å². The van der Waals surface area contributed by atoms with Gasteiger partial charge in [0.2, 0.25) is 5.88 Å². The van der Waals surface area contributed by atoms with Crippen LogP contribution in [0.4, 0.5) is 0 Å². The summed E-state index contributed by atoms with van der Waals surface area (Å²) in [6, 6.07) is 7.84. The molecule has 1 aromatic carbocycles. The molecule has 2 aromatic heterocycles. The lowest BCUT2D eigenvalue weighted by Gasteiger charge is -2.32. The number of carbonyl (C=O) groups is 1. The molecule has 7 heteroatoms. The third-order valence-electron chi connectivity index (χ3n) is 5.04. The minimum Gasteiger partial charge on any atom is -0.437 e. The fraction of sp³-hybridized carbons (Fsp3) is 0.333. The van der Waals surface area contributed by atoms with Crippen molar-refractivity contribution in [3.05, 3.63) is 65.9 Å². The largest absolute Gasteiger partial charge is 0.437 e. The monoisotopic (exact) mass is 377 g/mol. The van der Waals surface area contributed by atoms with Crippen LogP contribution in [0.15, 0.2) is 49.1 Å². The second kappa shape index (κ2) is 7.80. The van der Waals surface area contributed by atoms with Gasteiger partial charge in [-0.3, -0.25) is 14.5 Å². The fourth-order valence-corrected chi connectivity index (χ4v) is 3.57. The van der Waals surface area contributed by atoms with Crippen molar-refractivity contribution >= 4 is 5.91 Å². The number of carbonyl (C=O) groups excluding carboxylic acids is 1. The predicted molar refractivity (Wildman–Crippen MR) is 104 cm³/mol. The highest BCUT2D eigenvalue weighted by atomic mass is 16.5. The van der Waals surface area contributed by atoms with Gasteiger partial charge in [0.1, 0.15) is 11.4 Å². The first kappa shape index (κ1) is 18.2. The Morgan fingerprint density at radius 2 is 2.04 bits per heavy atom. The second-order valence-corrected chi connectivity index (χ2v) is 7.11. The van der Waals surface area contributed by atoms with Crippen molar-refractivity contribution in [2.24, 2.45) is 7.05 Å². The van der Waals surface area contributed by atoms with Crippen molar-refractivity contribution in [2.45, 2.75) is 25.7 Å². The molecular formula is C21H23N5O2. The predicted octanol–water partition coefficient (Wildman–Crippen LogP) is 3.33. The van der Waals surface area contributed by atoms with Gasteiger partial charge in [-0.05, 0) is 31.4 Å². The van der Waals surface area contributed by atoms with Crippen molar-refractivity contribution in [3.63, 3.8) is 0 Å². The van der Waals surface area contributed by atoms with Crippen LogP contribution in [0.25, 0.3) is 0 Å². The van der Waals surface area contributed by atoms with E-state index in [-0.39, 0.29) is 11.8 Å². The molecule has 4 rings (SSSR count). The summed E-state index contributed by atoms with van der Waals surface area (Å²) in [5, 5.41) is 4.11. The van der Waals surface area contributed by atoms with Gasteiger partial charge in [0, 0.05) is 44.6 Å². The van der Waals surface area contributed by atoms with Crippen LogP contribution < -0.4 is 4.74 Å². The Labute approximate surface area is 164 Å². The smallest absolute Gasteiger partial charge is 0.257 e. The summed E-state index contributed by atoms with van der Waals surface area (Å²) in [6.45, 7) is 3.33. The molecular weight excluding hydrogens is 354 g/mol. The lowest BCUT2D eigenvalue weighted by molar-refractivity contribution is 0.0704. The van der Waals surface area contributed by atoms with E-state index in [0.29, 0.717) is 18.0 Å². The number of amides is 1. The van der Waals surface area contributed by atoms with E-state index in [1.54, 1.807) is 29.5 Å². The number of aryl methyl sites for hydroxylation is 2. The molecule has 28 heavy (non-hydrogen) atoms. The molecule has 1 atom stereocenters. The molecule has 7 nitrogen and oxygen atoms in total. The fourth-order valence-electron chi connectivity index (χ4n) is 3.57. The molecule has 144 valence electrons. The van der Waals surface area contributed by atoms with E-state index in [4.69, 9.17) is 4.74 Å². The van der Waals surface area contributed by atoms with Gasteiger partial charge in [0.05, 0.1) is 11.8 Å². The number of benzene rings is 1. The van der Waals surface area contributed by atoms with Gasteiger partial charge in [-0.15, -0.1) is 0 Å². The Bertz CT molecular complexity index is 984. The number of hydrogen-bond acceptors (Lipinski definition) is 5. The van der Waals surface area contributed by atoms with Gasteiger partial charge in [0.25, 0.3) is 5.91 Å². The second-order valence-electron chi connectivity index (χ2n) is 7.11. The number of aromatic nitrogens is 4. The third kappa shape index (κ3) is 3.74. The first-order chi connectivity index (χ1) is 13.6. The molecule has 0 bridgehead atoms. The van der Waals surface area contributed by atoms with Crippen LogP contribution in [-0.2, 0) is 7.05 Å². The number of nitrogens with zero attached hydrogens (tertiary/aromatic N) is 5. The summed E-state index contributed by atoms with van der Waals surface area (Å²) in [7, 11) is 1.81. The SMILES string of the molecule is Cc1ccccc1Oc1nccnc1C1CCCN(C(=O)c2cnn(C)c2)C1. The number of ether oxygens (including phenoxy) is 1. The molecule has 1 aliphatic heterocycles. The molecule has 0 saturated carbocycles. The lowest BCUT2D eigenvalue weighted by atomic mass is 9.94. The molecule has 0 aliphatic carbocycles. The lowest BCUT2D eigenvalue weighted by Crippen LogP contribution is -2.39. The van der Waals surface area contributed by atoms with Crippen LogP contribution in [-0.4, -0.2) is 43.6 Å². The Morgan fingerprint density at radius 1 is 1.21 bits per heavy atom. The molecule has 1 unspecified atom stereocenters. The van der Waals surface area contributed by atoms with E-state index in [1.807, 2.05) is 43.1 Å². The first-order valence-corrected chi connectivity index (χ1v) is 9.44. The Balaban J connectivity index is 1.55. The number of piperidine rings is 1. The minimum absolute atomic E-state index is 0.00284. The summed E-state index contributed by atoms with van der Waals surface area (Å²) in [5.41, 5.74) is 2.45.